The van der Waals surface area contributed by atoms with Gasteiger partial charge in [0, 0.05) is 24.5 Å². The van der Waals surface area contributed by atoms with Crippen LogP contribution in [-0.4, -0.2) is 20.2 Å². The number of nitrogens with one attached hydrogen (secondary N) is 1. The molecule has 0 heterocycles. The Balaban J connectivity index is 2.51. The number of hydrogen-bond donors (Lipinski definition) is 2. The van der Waals surface area contributed by atoms with Crippen LogP contribution in [0.5, 0.6) is 5.75 Å². The molecule has 0 aliphatic rings. The van der Waals surface area contributed by atoms with E-state index in [9.17, 15) is 0 Å². The fourth-order valence-corrected chi connectivity index (χ4v) is 2.32. The Bertz CT molecular complexity index is 566. The van der Waals surface area contributed by atoms with E-state index < -0.39 is 0 Å². The van der Waals surface area contributed by atoms with E-state index >= 15 is 0 Å². The molecule has 0 saturated heterocycles. The third kappa shape index (κ3) is 2.78. The van der Waals surface area contributed by atoms with Gasteiger partial charge >= 0.3 is 0 Å². The molecule has 3 nitrogen and oxygen atoms in total. The highest BCUT2D eigenvalue weighted by molar-refractivity contribution is 5.91. The van der Waals surface area contributed by atoms with Gasteiger partial charge in [0.2, 0.25) is 0 Å². The fraction of sp³-hybridized carbons (Fsp3) is 0.250. The molecule has 2 aromatic carbocycles. The van der Waals surface area contributed by atoms with Gasteiger partial charge in [0.15, 0.2) is 0 Å². The van der Waals surface area contributed by atoms with Gasteiger partial charge in [-0.1, -0.05) is 36.4 Å². The van der Waals surface area contributed by atoms with Crippen LogP contribution in [0.3, 0.4) is 0 Å². The van der Waals surface area contributed by atoms with Gasteiger partial charge in [-0.15, -0.1) is 6.58 Å². The number of methoxy groups -OCH3 is 1. The molecule has 2 aromatic rings. The zero-order chi connectivity index (χ0) is 13.7. The van der Waals surface area contributed by atoms with Gasteiger partial charge in [-0.2, -0.15) is 0 Å². The maximum absolute atomic E-state index is 5.88. The van der Waals surface area contributed by atoms with Crippen molar-refractivity contribution in [2.24, 2.45) is 5.73 Å². The van der Waals surface area contributed by atoms with Crippen molar-refractivity contribution in [1.82, 2.24) is 5.32 Å². The first-order chi connectivity index (χ1) is 9.31. The number of benzene rings is 2. The maximum atomic E-state index is 5.88. The van der Waals surface area contributed by atoms with Crippen molar-refractivity contribution in [1.29, 1.82) is 0 Å². The molecule has 19 heavy (non-hydrogen) atoms. The van der Waals surface area contributed by atoms with E-state index in [4.69, 9.17) is 10.5 Å². The molecule has 1 atom stereocenters. The summed E-state index contributed by atoms with van der Waals surface area (Å²) in [6.45, 7) is 5.01. The van der Waals surface area contributed by atoms with Crippen LogP contribution >= 0.6 is 0 Å². The predicted octanol–water partition coefficient (Wildman–Crippen LogP) is 2.62. The van der Waals surface area contributed by atoms with E-state index in [2.05, 4.69) is 30.1 Å². The van der Waals surface area contributed by atoms with Crippen molar-refractivity contribution in [3.63, 3.8) is 0 Å². The Labute approximate surface area is 114 Å². The molecule has 1 unspecified atom stereocenters. The molecule has 3 heteroatoms. The molecule has 0 radical (unpaired) electrons. The van der Waals surface area contributed by atoms with Crippen molar-refractivity contribution in [2.75, 3.05) is 20.2 Å². The molecular formula is C16H20N2O. The summed E-state index contributed by atoms with van der Waals surface area (Å²) < 4.78 is 5.41. The number of hydrogen-bond acceptors (Lipinski definition) is 3. The summed E-state index contributed by atoms with van der Waals surface area (Å²) >= 11 is 0. The molecule has 0 saturated carbocycles. The number of fused-ring (bicyclic) bond motifs is 1. The Morgan fingerprint density at radius 2 is 2.00 bits per heavy atom. The van der Waals surface area contributed by atoms with Crippen LogP contribution in [-0.2, 0) is 0 Å². The largest absolute Gasteiger partial charge is 0.496 e. The highest BCUT2D eigenvalue weighted by atomic mass is 16.5. The maximum Gasteiger partial charge on any atom is 0.126 e. The Morgan fingerprint density at radius 1 is 1.26 bits per heavy atom. The van der Waals surface area contributed by atoms with Crippen LogP contribution in [0.25, 0.3) is 10.8 Å². The summed E-state index contributed by atoms with van der Waals surface area (Å²) in [5, 5.41) is 5.67. The van der Waals surface area contributed by atoms with Crippen LogP contribution in [0, 0.1) is 0 Å². The van der Waals surface area contributed by atoms with Crippen LogP contribution in [0.2, 0.25) is 0 Å². The molecule has 2 rings (SSSR count). The zero-order valence-corrected chi connectivity index (χ0v) is 11.2. The molecule has 0 aliphatic carbocycles. The Kier molecular flexibility index (Phi) is 4.55. The fourth-order valence-electron chi connectivity index (χ4n) is 2.32. The first-order valence-corrected chi connectivity index (χ1v) is 6.41. The lowest BCUT2D eigenvalue weighted by Gasteiger charge is -2.19. The average molecular weight is 256 g/mol. The van der Waals surface area contributed by atoms with E-state index in [1.165, 1.54) is 10.9 Å². The lowest BCUT2D eigenvalue weighted by atomic mass is 9.98. The molecule has 0 bridgehead atoms. The normalized spacial score (nSPS) is 12.3. The second-order valence-electron chi connectivity index (χ2n) is 4.39. The predicted molar refractivity (Wildman–Crippen MR) is 80.5 cm³/mol. The van der Waals surface area contributed by atoms with Crippen molar-refractivity contribution in [3.8, 4) is 5.75 Å². The standard InChI is InChI=1S/C16H20N2O/c1-3-10-18-15(11-17)13-8-9-16(19-2)14-7-5-4-6-12(13)14/h3-9,15,18H,1,10-11,17H2,2H3. The summed E-state index contributed by atoms with van der Waals surface area (Å²) in [7, 11) is 1.69. The molecular weight excluding hydrogens is 236 g/mol. The van der Waals surface area contributed by atoms with Crippen molar-refractivity contribution >= 4 is 10.8 Å². The monoisotopic (exact) mass is 256 g/mol. The average Bonchev–Trinajstić information content (AvgIpc) is 2.48. The molecule has 0 spiro atoms. The summed E-state index contributed by atoms with van der Waals surface area (Å²) in [4.78, 5) is 0. The lowest BCUT2D eigenvalue weighted by molar-refractivity contribution is 0.419. The Morgan fingerprint density at radius 3 is 2.63 bits per heavy atom. The molecule has 3 N–H and O–H groups in total. The lowest BCUT2D eigenvalue weighted by Crippen LogP contribution is -2.28. The minimum atomic E-state index is 0.119. The van der Waals surface area contributed by atoms with E-state index in [-0.39, 0.29) is 6.04 Å². The van der Waals surface area contributed by atoms with E-state index in [1.54, 1.807) is 7.11 Å². The van der Waals surface area contributed by atoms with E-state index in [0.29, 0.717) is 6.54 Å². The highest BCUT2D eigenvalue weighted by Crippen LogP contribution is 2.31. The summed E-state index contributed by atoms with van der Waals surface area (Å²) in [5.74, 6) is 0.888. The number of ether oxygens (including phenoxy) is 1. The SMILES string of the molecule is C=CCNC(CN)c1ccc(OC)c2ccccc12. The van der Waals surface area contributed by atoms with Crippen LogP contribution < -0.4 is 15.8 Å². The molecule has 0 aliphatic heterocycles. The van der Waals surface area contributed by atoms with Gasteiger partial charge in [-0.3, -0.25) is 0 Å². The second kappa shape index (κ2) is 6.36. The van der Waals surface area contributed by atoms with Gasteiger partial charge < -0.3 is 15.8 Å². The first-order valence-electron chi connectivity index (χ1n) is 6.41. The minimum absolute atomic E-state index is 0.119. The quantitative estimate of drug-likeness (QED) is 0.781. The van der Waals surface area contributed by atoms with Crippen molar-refractivity contribution < 1.29 is 4.74 Å². The van der Waals surface area contributed by atoms with Crippen LogP contribution in [0.1, 0.15) is 11.6 Å². The van der Waals surface area contributed by atoms with Gasteiger partial charge in [0.05, 0.1) is 7.11 Å². The highest BCUT2D eigenvalue weighted by Gasteiger charge is 2.13. The molecule has 0 amide bonds. The van der Waals surface area contributed by atoms with Crippen LogP contribution in [0.4, 0.5) is 0 Å². The summed E-state index contributed by atoms with van der Waals surface area (Å²) in [6, 6.07) is 12.4. The summed E-state index contributed by atoms with van der Waals surface area (Å²) in [6.07, 6.45) is 1.84. The zero-order valence-electron chi connectivity index (χ0n) is 11.2. The second-order valence-corrected chi connectivity index (χ2v) is 4.39. The molecule has 100 valence electrons. The van der Waals surface area contributed by atoms with Gasteiger partial charge in [-0.05, 0) is 17.0 Å². The van der Waals surface area contributed by atoms with Crippen molar-refractivity contribution in [3.05, 3.63) is 54.6 Å². The van der Waals surface area contributed by atoms with E-state index in [0.717, 1.165) is 17.7 Å². The molecule has 0 fully saturated rings. The van der Waals surface area contributed by atoms with Crippen LogP contribution in [0.15, 0.2) is 49.1 Å². The third-order valence-electron chi connectivity index (χ3n) is 3.26. The van der Waals surface area contributed by atoms with Gasteiger partial charge in [0.1, 0.15) is 5.75 Å². The topological polar surface area (TPSA) is 47.3 Å². The van der Waals surface area contributed by atoms with Crippen molar-refractivity contribution in [2.45, 2.75) is 6.04 Å². The summed E-state index contributed by atoms with van der Waals surface area (Å²) in [5.41, 5.74) is 7.07. The first kappa shape index (κ1) is 13.6. The van der Waals surface area contributed by atoms with E-state index in [1.807, 2.05) is 24.3 Å². The minimum Gasteiger partial charge on any atom is -0.496 e. The molecule has 0 aromatic heterocycles. The Hall–Kier alpha value is -1.84. The van der Waals surface area contributed by atoms with Gasteiger partial charge in [0.25, 0.3) is 0 Å². The number of rotatable bonds is 6. The smallest absolute Gasteiger partial charge is 0.126 e. The number of nitrogens with two attached hydrogens (primary N) is 1. The third-order valence-corrected chi connectivity index (χ3v) is 3.26. The van der Waals surface area contributed by atoms with Gasteiger partial charge in [-0.25, -0.2) is 0 Å².